The van der Waals surface area contributed by atoms with Crippen LogP contribution in [0.4, 0.5) is 5.13 Å². The quantitative estimate of drug-likeness (QED) is 0.876. The minimum Gasteiger partial charge on any atom is -0.392 e. The van der Waals surface area contributed by atoms with E-state index in [0.29, 0.717) is 17.5 Å². The maximum absolute atomic E-state index is 12.3. The highest BCUT2D eigenvalue weighted by Gasteiger charge is 2.19. The second-order valence-electron chi connectivity index (χ2n) is 4.22. The fraction of sp³-hybridized carbons (Fsp3) is 0.333. The van der Waals surface area contributed by atoms with E-state index in [4.69, 9.17) is 5.11 Å². The molecule has 0 spiro atoms. The summed E-state index contributed by atoms with van der Waals surface area (Å²) in [6, 6.07) is 4.81. The van der Waals surface area contributed by atoms with Gasteiger partial charge < -0.3 is 5.11 Å². The summed E-state index contributed by atoms with van der Waals surface area (Å²) in [6.07, 6.45) is 0.707. The van der Waals surface area contributed by atoms with Crippen LogP contribution in [0.5, 0.6) is 0 Å². The van der Waals surface area contributed by atoms with Crippen molar-refractivity contribution in [2.45, 2.75) is 31.8 Å². The van der Waals surface area contributed by atoms with E-state index >= 15 is 0 Å². The maximum Gasteiger partial charge on any atom is 0.263 e. The Hall–Kier alpha value is -1.51. The Balaban J connectivity index is 2.34. The first kappa shape index (κ1) is 14.9. The van der Waals surface area contributed by atoms with E-state index in [1.165, 1.54) is 17.4 Å². The molecule has 2 rings (SSSR count). The second-order valence-corrected chi connectivity index (χ2v) is 6.93. The first-order valence-electron chi connectivity index (χ1n) is 6.02. The Bertz CT molecular complexity index is 710. The molecule has 0 radical (unpaired) electrons. The lowest BCUT2D eigenvalue weighted by Gasteiger charge is -2.09. The Labute approximate surface area is 121 Å². The first-order valence-corrected chi connectivity index (χ1v) is 8.32. The van der Waals surface area contributed by atoms with Gasteiger partial charge in [-0.25, -0.2) is 8.42 Å². The van der Waals surface area contributed by atoms with Crippen molar-refractivity contribution < 1.29 is 13.5 Å². The van der Waals surface area contributed by atoms with Crippen LogP contribution >= 0.6 is 11.3 Å². The van der Waals surface area contributed by atoms with Gasteiger partial charge in [-0.15, -0.1) is 10.2 Å². The van der Waals surface area contributed by atoms with E-state index < -0.39 is 10.0 Å². The highest BCUT2D eigenvalue weighted by Crippen LogP contribution is 2.23. The molecule has 0 saturated carbocycles. The Kier molecular flexibility index (Phi) is 4.36. The third-order valence-electron chi connectivity index (χ3n) is 2.72. The predicted molar refractivity (Wildman–Crippen MR) is 77.2 cm³/mol. The van der Waals surface area contributed by atoms with E-state index in [2.05, 4.69) is 14.9 Å². The van der Waals surface area contributed by atoms with Gasteiger partial charge in [0.25, 0.3) is 10.0 Å². The SMILES string of the molecule is CCc1nnc(NS(=O)(=O)c2cc(CO)ccc2C)s1. The van der Waals surface area contributed by atoms with Crippen molar-refractivity contribution in [1.82, 2.24) is 10.2 Å². The molecule has 8 heteroatoms. The molecule has 6 nitrogen and oxygen atoms in total. The summed E-state index contributed by atoms with van der Waals surface area (Å²) in [4.78, 5) is 0.136. The standard InChI is InChI=1S/C12H15N3O3S2/c1-3-11-13-14-12(19-11)15-20(17,18)10-6-9(7-16)5-4-8(10)2/h4-6,16H,3,7H2,1-2H3,(H,14,15). The molecule has 0 saturated heterocycles. The molecule has 20 heavy (non-hydrogen) atoms. The second kappa shape index (κ2) is 5.86. The number of sulfonamides is 1. The van der Waals surface area contributed by atoms with E-state index in [1.807, 2.05) is 6.92 Å². The van der Waals surface area contributed by atoms with Crippen LogP contribution in [-0.2, 0) is 23.1 Å². The molecule has 0 aliphatic carbocycles. The van der Waals surface area contributed by atoms with Crippen molar-refractivity contribution in [1.29, 1.82) is 0 Å². The van der Waals surface area contributed by atoms with Gasteiger partial charge in [-0.2, -0.15) is 0 Å². The molecule has 2 N–H and O–H groups in total. The smallest absolute Gasteiger partial charge is 0.263 e. The summed E-state index contributed by atoms with van der Waals surface area (Å²) in [5.41, 5.74) is 1.15. The molecular formula is C12H15N3O3S2. The van der Waals surface area contributed by atoms with Crippen LogP contribution in [0, 0.1) is 6.92 Å². The third-order valence-corrected chi connectivity index (χ3v) is 5.31. The fourth-order valence-electron chi connectivity index (χ4n) is 1.64. The average Bonchev–Trinajstić information content (AvgIpc) is 2.86. The molecule has 0 bridgehead atoms. The molecule has 0 unspecified atom stereocenters. The molecule has 108 valence electrons. The number of hydrogen-bond acceptors (Lipinski definition) is 6. The van der Waals surface area contributed by atoms with Gasteiger partial charge in [0.2, 0.25) is 5.13 Å². The highest BCUT2D eigenvalue weighted by molar-refractivity contribution is 7.93. The monoisotopic (exact) mass is 313 g/mol. The lowest BCUT2D eigenvalue weighted by molar-refractivity contribution is 0.281. The fourth-order valence-corrected chi connectivity index (χ4v) is 3.85. The normalized spacial score (nSPS) is 11.6. The molecule has 1 heterocycles. The van der Waals surface area contributed by atoms with Gasteiger partial charge in [0.15, 0.2) is 0 Å². The van der Waals surface area contributed by atoms with E-state index in [0.717, 1.165) is 5.01 Å². The number of aromatic nitrogens is 2. The molecule has 0 fully saturated rings. The van der Waals surface area contributed by atoms with Gasteiger partial charge in [-0.3, -0.25) is 4.72 Å². The van der Waals surface area contributed by atoms with Crippen molar-refractivity contribution >= 4 is 26.5 Å². The van der Waals surface area contributed by atoms with Crippen LogP contribution in [0.3, 0.4) is 0 Å². The van der Waals surface area contributed by atoms with Crippen molar-refractivity contribution in [2.24, 2.45) is 0 Å². The van der Waals surface area contributed by atoms with E-state index in [-0.39, 0.29) is 16.6 Å². The van der Waals surface area contributed by atoms with Gasteiger partial charge in [-0.05, 0) is 30.5 Å². The summed E-state index contributed by atoms with van der Waals surface area (Å²) < 4.78 is 27.1. The number of aliphatic hydroxyl groups is 1. The van der Waals surface area contributed by atoms with Crippen molar-refractivity contribution in [3.63, 3.8) is 0 Å². The lowest BCUT2D eigenvalue weighted by Crippen LogP contribution is -2.14. The summed E-state index contributed by atoms with van der Waals surface area (Å²) in [7, 11) is -3.72. The maximum atomic E-state index is 12.3. The van der Waals surface area contributed by atoms with Crippen LogP contribution in [0.2, 0.25) is 0 Å². The van der Waals surface area contributed by atoms with E-state index in [9.17, 15) is 8.42 Å². The van der Waals surface area contributed by atoms with E-state index in [1.54, 1.807) is 19.1 Å². The van der Waals surface area contributed by atoms with Crippen LogP contribution < -0.4 is 4.72 Å². The van der Waals surface area contributed by atoms with Crippen LogP contribution in [0.1, 0.15) is 23.1 Å². The zero-order valence-corrected chi connectivity index (χ0v) is 12.8. The highest BCUT2D eigenvalue weighted by atomic mass is 32.2. The minimum absolute atomic E-state index is 0.136. The number of benzene rings is 1. The Morgan fingerprint density at radius 3 is 2.70 bits per heavy atom. The molecule has 1 aromatic heterocycles. The van der Waals surface area contributed by atoms with Gasteiger partial charge in [0.05, 0.1) is 11.5 Å². The van der Waals surface area contributed by atoms with Crippen LogP contribution in [0.15, 0.2) is 23.1 Å². The predicted octanol–water partition coefficient (Wildman–Crippen LogP) is 1.70. The van der Waals surface area contributed by atoms with Gasteiger partial charge in [0.1, 0.15) is 5.01 Å². The topological polar surface area (TPSA) is 92.2 Å². The average molecular weight is 313 g/mol. The van der Waals surface area contributed by atoms with Crippen molar-refractivity contribution in [2.75, 3.05) is 4.72 Å². The summed E-state index contributed by atoms with van der Waals surface area (Å²) in [6.45, 7) is 3.42. The number of anilines is 1. The zero-order valence-electron chi connectivity index (χ0n) is 11.1. The molecule has 0 aliphatic heterocycles. The third kappa shape index (κ3) is 3.14. The molecule has 2 aromatic rings. The summed E-state index contributed by atoms with van der Waals surface area (Å²) in [5.74, 6) is 0. The number of nitrogens with zero attached hydrogens (tertiary/aromatic N) is 2. The number of aryl methyl sites for hydroxylation is 2. The number of rotatable bonds is 5. The number of hydrogen-bond donors (Lipinski definition) is 2. The largest absolute Gasteiger partial charge is 0.392 e. The molecule has 0 amide bonds. The van der Waals surface area contributed by atoms with Crippen molar-refractivity contribution in [3.05, 3.63) is 34.3 Å². The molecule has 1 aromatic carbocycles. The minimum atomic E-state index is -3.72. The molecule has 0 atom stereocenters. The number of nitrogens with one attached hydrogen (secondary N) is 1. The van der Waals surface area contributed by atoms with Crippen LogP contribution in [-0.4, -0.2) is 23.7 Å². The van der Waals surface area contributed by atoms with Gasteiger partial charge in [-0.1, -0.05) is 30.4 Å². The Morgan fingerprint density at radius 1 is 1.35 bits per heavy atom. The Morgan fingerprint density at radius 2 is 2.10 bits per heavy atom. The van der Waals surface area contributed by atoms with Crippen LogP contribution in [0.25, 0.3) is 0 Å². The van der Waals surface area contributed by atoms with Gasteiger partial charge >= 0.3 is 0 Å². The van der Waals surface area contributed by atoms with Gasteiger partial charge in [0, 0.05) is 0 Å². The molecular weight excluding hydrogens is 298 g/mol. The lowest BCUT2D eigenvalue weighted by atomic mass is 10.2. The number of aliphatic hydroxyl groups excluding tert-OH is 1. The zero-order chi connectivity index (χ0) is 14.8. The summed E-state index contributed by atoms with van der Waals surface area (Å²) in [5, 5.41) is 17.8. The van der Waals surface area contributed by atoms with Crippen molar-refractivity contribution in [3.8, 4) is 0 Å². The molecule has 0 aliphatic rings. The summed E-state index contributed by atoms with van der Waals surface area (Å²) >= 11 is 1.21. The first-order chi connectivity index (χ1) is 9.46.